The standard InChI is InChI=1S/C11H18N4/c1-2-10-13-14-11(15(10)7-1)4-3-9-5-6-12-8-9/h9,12H,1-8H2. The summed E-state index contributed by atoms with van der Waals surface area (Å²) in [5.74, 6) is 3.28. The number of hydrogen-bond acceptors (Lipinski definition) is 3. The molecule has 0 amide bonds. The lowest BCUT2D eigenvalue weighted by molar-refractivity contribution is 0.514. The molecule has 3 heterocycles. The van der Waals surface area contributed by atoms with Crippen LogP contribution in [0.1, 0.15) is 30.9 Å². The minimum atomic E-state index is 0.861. The first kappa shape index (κ1) is 9.33. The van der Waals surface area contributed by atoms with Crippen LogP contribution in [-0.4, -0.2) is 27.9 Å². The highest BCUT2D eigenvalue weighted by Crippen LogP contribution is 2.18. The van der Waals surface area contributed by atoms with Crippen LogP contribution in [0.4, 0.5) is 0 Å². The van der Waals surface area contributed by atoms with Crippen LogP contribution < -0.4 is 5.32 Å². The number of hydrogen-bond donors (Lipinski definition) is 1. The minimum Gasteiger partial charge on any atom is -0.316 e. The second kappa shape index (κ2) is 3.93. The maximum atomic E-state index is 4.29. The van der Waals surface area contributed by atoms with Crippen molar-refractivity contribution < 1.29 is 0 Å². The van der Waals surface area contributed by atoms with Gasteiger partial charge in [0.2, 0.25) is 0 Å². The van der Waals surface area contributed by atoms with Crippen LogP contribution in [-0.2, 0) is 19.4 Å². The van der Waals surface area contributed by atoms with Crippen molar-refractivity contribution in [1.82, 2.24) is 20.1 Å². The van der Waals surface area contributed by atoms with Gasteiger partial charge in [0.25, 0.3) is 0 Å². The molecule has 4 nitrogen and oxygen atoms in total. The highest BCUT2D eigenvalue weighted by molar-refractivity contribution is 5.00. The Kier molecular flexibility index (Phi) is 2.44. The normalized spacial score (nSPS) is 24.7. The average molecular weight is 206 g/mol. The van der Waals surface area contributed by atoms with E-state index in [-0.39, 0.29) is 0 Å². The number of aryl methyl sites for hydroxylation is 2. The van der Waals surface area contributed by atoms with Crippen LogP contribution >= 0.6 is 0 Å². The van der Waals surface area contributed by atoms with E-state index >= 15 is 0 Å². The lowest BCUT2D eigenvalue weighted by Gasteiger charge is -2.07. The first-order chi connectivity index (χ1) is 7.43. The van der Waals surface area contributed by atoms with Gasteiger partial charge in [0.05, 0.1) is 0 Å². The highest BCUT2D eigenvalue weighted by Gasteiger charge is 2.19. The number of fused-ring (bicyclic) bond motifs is 1. The predicted octanol–water partition coefficient (Wildman–Crippen LogP) is 0.766. The topological polar surface area (TPSA) is 42.7 Å². The summed E-state index contributed by atoms with van der Waals surface area (Å²) in [5, 5.41) is 11.9. The third-order valence-electron chi connectivity index (χ3n) is 3.62. The summed E-state index contributed by atoms with van der Waals surface area (Å²) in [5.41, 5.74) is 0. The van der Waals surface area contributed by atoms with Crippen LogP contribution in [0.5, 0.6) is 0 Å². The Bertz CT molecular complexity index is 338. The summed E-state index contributed by atoms with van der Waals surface area (Å²) < 4.78 is 2.32. The zero-order chi connectivity index (χ0) is 10.1. The van der Waals surface area contributed by atoms with Crippen molar-refractivity contribution in [2.45, 2.75) is 38.6 Å². The van der Waals surface area contributed by atoms with E-state index in [9.17, 15) is 0 Å². The molecule has 0 aromatic carbocycles. The number of nitrogens with one attached hydrogen (secondary N) is 1. The largest absolute Gasteiger partial charge is 0.316 e. The molecule has 1 saturated heterocycles. The van der Waals surface area contributed by atoms with E-state index in [1.165, 1.54) is 44.0 Å². The summed E-state index contributed by atoms with van der Waals surface area (Å²) in [6, 6.07) is 0. The van der Waals surface area contributed by atoms with Gasteiger partial charge in [0.1, 0.15) is 11.6 Å². The second-order valence-electron chi connectivity index (χ2n) is 4.69. The van der Waals surface area contributed by atoms with E-state index in [4.69, 9.17) is 0 Å². The predicted molar refractivity (Wildman–Crippen MR) is 57.6 cm³/mol. The molecular formula is C11H18N4. The fourth-order valence-corrected chi connectivity index (χ4v) is 2.69. The van der Waals surface area contributed by atoms with Gasteiger partial charge in [0.15, 0.2) is 0 Å². The molecule has 0 radical (unpaired) electrons. The van der Waals surface area contributed by atoms with Gasteiger partial charge >= 0.3 is 0 Å². The summed E-state index contributed by atoms with van der Waals surface area (Å²) in [7, 11) is 0. The lowest BCUT2D eigenvalue weighted by Crippen LogP contribution is -2.10. The first-order valence-corrected chi connectivity index (χ1v) is 6.05. The molecule has 2 aliphatic rings. The second-order valence-corrected chi connectivity index (χ2v) is 4.69. The molecule has 4 heteroatoms. The van der Waals surface area contributed by atoms with Gasteiger partial charge in [-0.25, -0.2) is 0 Å². The van der Waals surface area contributed by atoms with Gasteiger partial charge in [-0.3, -0.25) is 0 Å². The van der Waals surface area contributed by atoms with E-state index in [2.05, 4.69) is 20.1 Å². The molecule has 1 aromatic rings. The highest BCUT2D eigenvalue weighted by atomic mass is 15.3. The molecule has 1 unspecified atom stereocenters. The monoisotopic (exact) mass is 206 g/mol. The third-order valence-corrected chi connectivity index (χ3v) is 3.62. The molecule has 0 spiro atoms. The maximum Gasteiger partial charge on any atom is 0.133 e. The van der Waals surface area contributed by atoms with E-state index in [1.807, 2.05) is 0 Å². The van der Waals surface area contributed by atoms with Gasteiger partial charge in [-0.05, 0) is 38.3 Å². The molecule has 82 valence electrons. The van der Waals surface area contributed by atoms with Crippen molar-refractivity contribution in [3.05, 3.63) is 11.6 Å². The van der Waals surface area contributed by atoms with Crippen molar-refractivity contribution in [2.24, 2.45) is 5.92 Å². The summed E-state index contributed by atoms with van der Waals surface area (Å²) in [4.78, 5) is 0. The molecule has 1 atom stereocenters. The van der Waals surface area contributed by atoms with E-state index in [1.54, 1.807) is 0 Å². The number of nitrogens with zero attached hydrogens (tertiary/aromatic N) is 3. The van der Waals surface area contributed by atoms with Crippen LogP contribution in [0.15, 0.2) is 0 Å². The molecule has 0 bridgehead atoms. The summed E-state index contributed by atoms with van der Waals surface area (Å²) >= 11 is 0. The van der Waals surface area contributed by atoms with Gasteiger partial charge in [-0.1, -0.05) is 0 Å². The Morgan fingerprint density at radius 3 is 3.27 bits per heavy atom. The lowest BCUT2D eigenvalue weighted by atomic mass is 10.0. The van der Waals surface area contributed by atoms with E-state index in [0.717, 1.165) is 25.3 Å². The smallest absolute Gasteiger partial charge is 0.133 e. The molecular weight excluding hydrogens is 188 g/mol. The molecule has 1 aromatic heterocycles. The maximum absolute atomic E-state index is 4.29. The Morgan fingerprint density at radius 1 is 1.40 bits per heavy atom. The zero-order valence-electron chi connectivity index (χ0n) is 9.08. The van der Waals surface area contributed by atoms with Crippen LogP contribution in [0.2, 0.25) is 0 Å². The molecule has 0 saturated carbocycles. The zero-order valence-corrected chi connectivity index (χ0v) is 9.08. The van der Waals surface area contributed by atoms with Crippen molar-refractivity contribution in [3.63, 3.8) is 0 Å². The fourth-order valence-electron chi connectivity index (χ4n) is 2.69. The molecule has 1 fully saturated rings. The molecule has 3 rings (SSSR count). The molecule has 2 aliphatic heterocycles. The van der Waals surface area contributed by atoms with Crippen LogP contribution in [0.3, 0.4) is 0 Å². The van der Waals surface area contributed by atoms with Gasteiger partial charge in [-0.2, -0.15) is 0 Å². The van der Waals surface area contributed by atoms with Crippen molar-refractivity contribution >= 4 is 0 Å². The molecule has 1 N–H and O–H groups in total. The van der Waals surface area contributed by atoms with E-state index in [0.29, 0.717) is 0 Å². The van der Waals surface area contributed by atoms with Crippen molar-refractivity contribution in [2.75, 3.05) is 13.1 Å². The minimum absolute atomic E-state index is 0.861. The number of rotatable bonds is 3. The van der Waals surface area contributed by atoms with Crippen molar-refractivity contribution in [1.29, 1.82) is 0 Å². The molecule has 0 aliphatic carbocycles. The average Bonchev–Trinajstić information content (AvgIpc) is 2.93. The Morgan fingerprint density at radius 2 is 2.40 bits per heavy atom. The first-order valence-electron chi connectivity index (χ1n) is 6.05. The van der Waals surface area contributed by atoms with Gasteiger partial charge in [0, 0.05) is 19.4 Å². The number of aromatic nitrogens is 3. The SMILES string of the molecule is C1Cc2nnc(CCC3CCNC3)n2C1. The van der Waals surface area contributed by atoms with Gasteiger partial charge in [-0.15, -0.1) is 10.2 Å². The fraction of sp³-hybridized carbons (Fsp3) is 0.818. The third kappa shape index (κ3) is 1.78. The summed E-state index contributed by atoms with van der Waals surface area (Å²) in [6.45, 7) is 3.53. The quantitative estimate of drug-likeness (QED) is 0.794. The Hall–Kier alpha value is -0.900. The van der Waals surface area contributed by atoms with Crippen molar-refractivity contribution in [3.8, 4) is 0 Å². The van der Waals surface area contributed by atoms with Crippen LogP contribution in [0, 0.1) is 5.92 Å². The van der Waals surface area contributed by atoms with E-state index < -0.39 is 0 Å². The molecule has 15 heavy (non-hydrogen) atoms. The Labute approximate surface area is 90.1 Å². The Balaban J connectivity index is 1.61. The van der Waals surface area contributed by atoms with Gasteiger partial charge < -0.3 is 9.88 Å². The summed E-state index contributed by atoms with van der Waals surface area (Å²) in [6.07, 6.45) is 6.09. The van der Waals surface area contributed by atoms with Crippen LogP contribution in [0.25, 0.3) is 0 Å².